The third-order valence-electron chi connectivity index (χ3n) is 5.47. The number of aromatic nitrogens is 1. The van der Waals surface area contributed by atoms with Crippen molar-refractivity contribution in [2.24, 2.45) is 5.92 Å². The molecular formula is C20H25N3O2S. The fourth-order valence-electron chi connectivity index (χ4n) is 4.05. The molecule has 1 saturated carbocycles. The summed E-state index contributed by atoms with van der Waals surface area (Å²) in [5.74, 6) is 0.0610. The van der Waals surface area contributed by atoms with E-state index < -0.39 is 11.0 Å². The lowest BCUT2D eigenvalue weighted by molar-refractivity contribution is -0.126. The minimum atomic E-state index is -1.29. The Labute approximate surface area is 156 Å². The summed E-state index contributed by atoms with van der Waals surface area (Å²) in [5, 5.41) is 4.19. The summed E-state index contributed by atoms with van der Waals surface area (Å²) in [6.07, 6.45) is 8.11. The number of fused-ring (bicyclic) bond motifs is 1. The summed E-state index contributed by atoms with van der Waals surface area (Å²) in [7, 11) is -1.29. The highest BCUT2D eigenvalue weighted by molar-refractivity contribution is 7.83. The molecule has 1 aliphatic carbocycles. The van der Waals surface area contributed by atoms with Crippen LogP contribution >= 0.6 is 0 Å². The number of amides is 1. The van der Waals surface area contributed by atoms with Crippen molar-refractivity contribution in [1.82, 2.24) is 14.6 Å². The van der Waals surface area contributed by atoms with E-state index in [1.54, 1.807) is 6.20 Å². The first kappa shape index (κ1) is 17.6. The predicted octanol–water partition coefficient (Wildman–Crippen LogP) is 3.03. The molecule has 1 aliphatic heterocycles. The van der Waals surface area contributed by atoms with E-state index in [4.69, 9.17) is 0 Å². The number of carbonyl (C=O) groups excluding carboxylic acids is 1. The molecule has 2 unspecified atom stereocenters. The summed E-state index contributed by atoms with van der Waals surface area (Å²) < 4.78 is 15.1. The zero-order valence-electron chi connectivity index (χ0n) is 14.9. The topological polar surface area (TPSA) is 62.3 Å². The number of para-hydroxylation sites is 1. The summed E-state index contributed by atoms with van der Waals surface area (Å²) >= 11 is 0. The highest BCUT2D eigenvalue weighted by Crippen LogP contribution is 2.26. The molecule has 1 aromatic heterocycles. The third-order valence-corrected chi connectivity index (χ3v) is 6.98. The van der Waals surface area contributed by atoms with E-state index in [0.717, 1.165) is 48.0 Å². The van der Waals surface area contributed by atoms with Crippen molar-refractivity contribution in [3.63, 3.8) is 0 Å². The number of hydrogen-bond donors (Lipinski definition) is 1. The molecule has 0 spiro atoms. The molecule has 1 saturated heterocycles. The van der Waals surface area contributed by atoms with E-state index >= 15 is 0 Å². The van der Waals surface area contributed by atoms with Crippen LogP contribution in [-0.4, -0.2) is 38.5 Å². The highest BCUT2D eigenvalue weighted by atomic mass is 32.2. The van der Waals surface area contributed by atoms with Crippen molar-refractivity contribution in [3.05, 3.63) is 36.5 Å². The van der Waals surface area contributed by atoms with E-state index in [1.807, 2.05) is 34.6 Å². The van der Waals surface area contributed by atoms with Gasteiger partial charge in [0.05, 0.1) is 16.3 Å². The van der Waals surface area contributed by atoms with Gasteiger partial charge in [-0.1, -0.05) is 31.0 Å². The predicted molar refractivity (Wildman–Crippen MR) is 103 cm³/mol. The molecule has 1 N–H and O–H groups in total. The van der Waals surface area contributed by atoms with Crippen LogP contribution < -0.4 is 5.32 Å². The van der Waals surface area contributed by atoms with Crippen molar-refractivity contribution >= 4 is 27.8 Å². The van der Waals surface area contributed by atoms with Gasteiger partial charge in [0, 0.05) is 30.7 Å². The molecule has 5 nitrogen and oxygen atoms in total. The normalized spacial score (nSPS) is 23.2. The maximum absolute atomic E-state index is 13.2. The van der Waals surface area contributed by atoms with Gasteiger partial charge in [-0.25, -0.2) is 8.51 Å². The van der Waals surface area contributed by atoms with Crippen LogP contribution in [0.3, 0.4) is 0 Å². The lowest BCUT2D eigenvalue weighted by Gasteiger charge is -2.31. The number of carbonyl (C=O) groups is 1. The molecule has 2 aromatic rings. The van der Waals surface area contributed by atoms with Crippen molar-refractivity contribution in [2.75, 3.05) is 13.1 Å². The quantitative estimate of drug-likeness (QED) is 0.899. The van der Waals surface area contributed by atoms with Crippen molar-refractivity contribution in [3.8, 4) is 0 Å². The van der Waals surface area contributed by atoms with E-state index in [0.29, 0.717) is 12.6 Å². The second kappa shape index (κ2) is 7.84. The SMILES string of the molecule is O=C(NC1CCCC1)C1CCCN(S(=O)c2cccc3cccnc23)C1. The van der Waals surface area contributed by atoms with Gasteiger partial charge < -0.3 is 5.32 Å². The van der Waals surface area contributed by atoms with E-state index in [1.165, 1.54) is 12.8 Å². The smallest absolute Gasteiger partial charge is 0.224 e. The monoisotopic (exact) mass is 371 g/mol. The van der Waals surface area contributed by atoms with Gasteiger partial charge in [-0.3, -0.25) is 9.78 Å². The standard InChI is InChI=1S/C20H25N3O2S/c24-20(22-17-9-1-2-10-17)16-8-5-13-23(14-16)26(25)18-11-3-6-15-7-4-12-21-19(15)18/h3-4,6-7,11-12,16-17H,1-2,5,8-10,13-14H2,(H,22,24). The van der Waals surface area contributed by atoms with E-state index in [2.05, 4.69) is 10.3 Å². The molecule has 0 bridgehead atoms. The first-order chi connectivity index (χ1) is 12.7. The highest BCUT2D eigenvalue weighted by Gasteiger charge is 2.31. The average Bonchev–Trinajstić information content (AvgIpc) is 3.20. The van der Waals surface area contributed by atoms with Gasteiger partial charge in [0.15, 0.2) is 0 Å². The molecule has 1 aromatic carbocycles. The van der Waals surface area contributed by atoms with Crippen molar-refractivity contribution < 1.29 is 9.00 Å². The summed E-state index contributed by atoms with van der Waals surface area (Å²) in [5.41, 5.74) is 0.783. The van der Waals surface area contributed by atoms with Gasteiger partial charge in [0.1, 0.15) is 11.0 Å². The Kier molecular flexibility index (Phi) is 5.31. The summed E-state index contributed by atoms with van der Waals surface area (Å²) in [4.78, 5) is 17.8. The molecule has 2 aliphatic rings. The molecule has 26 heavy (non-hydrogen) atoms. The van der Waals surface area contributed by atoms with Gasteiger partial charge >= 0.3 is 0 Å². The van der Waals surface area contributed by atoms with Crippen LogP contribution in [0.15, 0.2) is 41.4 Å². The number of hydrogen-bond acceptors (Lipinski definition) is 3. The Balaban J connectivity index is 1.48. The molecule has 2 fully saturated rings. The first-order valence-electron chi connectivity index (χ1n) is 9.53. The fraction of sp³-hybridized carbons (Fsp3) is 0.500. The van der Waals surface area contributed by atoms with Gasteiger partial charge in [0.2, 0.25) is 5.91 Å². The number of nitrogens with zero attached hydrogens (tertiary/aromatic N) is 2. The zero-order valence-corrected chi connectivity index (χ0v) is 15.7. The molecule has 2 atom stereocenters. The van der Waals surface area contributed by atoms with E-state index in [-0.39, 0.29) is 11.8 Å². The summed E-state index contributed by atoms with van der Waals surface area (Å²) in [6.45, 7) is 1.30. The maximum Gasteiger partial charge on any atom is 0.224 e. The van der Waals surface area contributed by atoms with Crippen LogP contribution in [0.1, 0.15) is 38.5 Å². The Morgan fingerprint density at radius 3 is 2.77 bits per heavy atom. The van der Waals surface area contributed by atoms with Crippen LogP contribution in [0.5, 0.6) is 0 Å². The van der Waals surface area contributed by atoms with Crippen LogP contribution in [-0.2, 0) is 15.8 Å². The lowest BCUT2D eigenvalue weighted by atomic mass is 9.98. The fourth-order valence-corrected chi connectivity index (χ4v) is 5.47. The zero-order chi connectivity index (χ0) is 17.9. The van der Waals surface area contributed by atoms with Crippen molar-refractivity contribution in [1.29, 1.82) is 0 Å². The average molecular weight is 372 g/mol. The molecule has 1 amide bonds. The molecular weight excluding hydrogens is 346 g/mol. The lowest BCUT2D eigenvalue weighted by Crippen LogP contribution is -2.45. The Bertz CT molecular complexity index is 814. The second-order valence-corrected chi connectivity index (χ2v) is 8.75. The minimum Gasteiger partial charge on any atom is -0.353 e. The Hall–Kier alpha value is -1.79. The number of rotatable bonds is 4. The van der Waals surface area contributed by atoms with Crippen molar-refractivity contribution in [2.45, 2.75) is 49.5 Å². The largest absolute Gasteiger partial charge is 0.353 e. The molecule has 4 rings (SSSR count). The number of benzene rings is 1. The molecule has 138 valence electrons. The number of piperidine rings is 1. The number of nitrogens with one attached hydrogen (secondary N) is 1. The first-order valence-corrected chi connectivity index (χ1v) is 10.6. The Morgan fingerprint density at radius 2 is 1.92 bits per heavy atom. The van der Waals surface area contributed by atoms with Crippen LogP contribution in [0, 0.1) is 5.92 Å². The van der Waals surface area contributed by atoms with E-state index in [9.17, 15) is 9.00 Å². The molecule has 6 heteroatoms. The van der Waals surface area contributed by atoms with Gasteiger partial charge in [-0.2, -0.15) is 0 Å². The second-order valence-electron chi connectivity index (χ2n) is 7.30. The van der Waals surface area contributed by atoms with Crippen LogP contribution in [0.4, 0.5) is 0 Å². The third kappa shape index (κ3) is 3.67. The minimum absolute atomic E-state index is 0.0729. The van der Waals surface area contributed by atoms with Crippen LogP contribution in [0.2, 0.25) is 0 Å². The van der Waals surface area contributed by atoms with Crippen LogP contribution in [0.25, 0.3) is 10.9 Å². The van der Waals surface area contributed by atoms with Gasteiger partial charge in [-0.05, 0) is 37.8 Å². The number of pyridine rings is 1. The molecule has 2 heterocycles. The van der Waals surface area contributed by atoms with Gasteiger partial charge in [-0.15, -0.1) is 0 Å². The Morgan fingerprint density at radius 1 is 1.12 bits per heavy atom. The maximum atomic E-state index is 13.2. The molecule has 0 radical (unpaired) electrons. The summed E-state index contributed by atoms with van der Waals surface area (Å²) in [6, 6.07) is 10.00. The van der Waals surface area contributed by atoms with Gasteiger partial charge in [0.25, 0.3) is 0 Å².